The van der Waals surface area contributed by atoms with Crippen LogP contribution in [0.5, 0.6) is 5.75 Å². The van der Waals surface area contributed by atoms with E-state index in [1.807, 2.05) is 44.2 Å². The van der Waals surface area contributed by atoms with Crippen molar-refractivity contribution in [1.29, 1.82) is 0 Å². The van der Waals surface area contributed by atoms with E-state index in [1.54, 1.807) is 42.5 Å². The summed E-state index contributed by atoms with van der Waals surface area (Å²) >= 11 is 0. The van der Waals surface area contributed by atoms with Gasteiger partial charge in [-0.1, -0.05) is 30.3 Å². The van der Waals surface area contributed by atoms with Crippen molar-refractivity contribution >= 4 is 27.3 Å². The maximum atomic E-state index is 12.6. The maximum Gasteiger partial charge on any atom is 0.255 e. The summed E-state index contributed by atoms with van der Waals surface area (Å²) in [5, 5.41) is 2.85. The normalized spacial score (nSPS) is 11.1. The standard InChI is InChI=1S/C24H26N2O4S/c1-4-30-23-10-6-8-21(16-23)25-24(27)20-13-11-19(12-14-20)17-26(31(3,28)29)22-9-5-7-18(2)15-22/h5-16H,4,17H2,1-3H3,(H,25,27). The molecular formula is C24H26N2O4S. The zero-order valence-electron chi connectivity index (χ0n) is 17.8. The molecule has 0 radical (unpaired) electrons. The van der Waals surface area contributed by atoms with Gasteiger partial charge in [-0.2, -0.15) is 0 Å². The van der Waals surface area contributed by atoms with Crippen LogP contribution in [0.4, 0.5) is 11.4 Å². The van der Waals surface area contributed by atoms with E-state index in [2.05, 4.69) is 5.32 Å². The summed E-state index contributed by atoms with van der Waals surface area (Å²) < 4.78 is 31.5. The molecule has 0 heterocycles. The van der Waals surface area contributed by atoms with Crippen molar-refractivity contribution in [3.05, 3.63) is 89.5 Å². The summed E-state index contributed by atoms with van der Waals surface area (Å²) in [6, 6.07) is 21.5. The molecule has 162 valence electrons. The molecule has 3 rings (SSSR count). The topological polar surface area (TPSA) is 75.7 Å². The van der Waals surface area contributed by atoms with Crippen LogP contribution in [0.2, 0.25) is 0 Å². The monoisotopic (exact) mass is 438 g/mol. The molecule has 0 fully saturated rings. The maximum absolute atomic E-state index is 12.6. The molecule has 31 heavy (non-hydrogen) atoms. The molecule has 7 heteroatoms. The van der Waals surface area contributed by atoms with E-state index in [4.69, 9.17) is 4.74 Å². The molecule has 0 atom stereocenters. The second-order valence-corrected chi connectivity index (χ2v) is 9.13. The number of nitrogens with zero attached hydrogens (tertiary/aromatic N) is 1. The fourth-order valence-corrected chi connectivity index (χ4v) is 4.02. The number of nitrogens with one attached hydrogen (secondary N) is 1. The van der Waals surface area contributed by atoms with Gasteiger partial charge in [-0.3, -0.25) is 9.10 Å². The smallest absolute Gasteiger partial charge is 0.255 e. The van der Waals surface area contributed by atoms with E-state index in [9.17, 15) is 13.2 Å². The Morgan fingerprint density at radius 2 is 1.71 bits per heavy atom. The molecule has 6 nitrogen and oxygen atoms in total. The van der Waals surface area contributed by atoms with Crippen LogP contribution in [-0.2, 0) is 16.6 Å². The zero-order valence-corrected chi connectivity index (χ0v) is 18.6. The third kappa shape index (κ3) is 6.08. The number of benzene rings is 3. The second kappa shape index (κ2) is 9.66. The molecule has 0 saturated heterocycles. The van der Waals surface area contributed by atoms with Gasteiger partial charge in [-0.15, -0.1) is 0 Å². The van der Waals surface area contributed by atoms with E-state index in [0.29, 0.717) is 29.3 Å². The minimum absolute atomic E-state index is 0.181. The number of ether oxygens (including phenoxy) is 1. The Labute approximate surface area is 183 Å². The molecule has 1 N–H and O–H groups in total. The van der Waals surface area contributed by atoms with Crippen LogP contribution in [0.25, 0.3) is 0 Å². The molecule has 0 spiro atoms. The predicted molar refractivity (Wildman–Crippen MR) is 124 cm³/mol. The van der Waals surface area contributed by atoms with Gasteiger partial charge in [0.05, 0.1) is 25.1 Å². The number of amides is 1. The van der Waals surface area contributed by atoms with Gasteiger partial charge in [0.25, 0.3) is 5.91 Å². The van der Waals surface area contributed by atoms with Gasteiger partial charge in [0.2, 0.25) is 10.0 Å². The fourth-order valence-electron chi connectivity index (χ4n) is 3.14. The SMILES string of the molecule is CCOc1cccc(NC(=O)c2ccc(CN(c3cccc(C)c3)S(C)(=O)=O)cc2)c1. The van der Waals surface area contributed by atoms with E-state index < -0.39 is 10.0 Å². The summed E-state index contributed by atoms with van der Waals surface area (Å²) in [5.74, 6) is 0.437. The van der Waals surface area contributed by atoms with Gasteiger partial charge < -0.3 is 10.1 Å². The third-order valence-electron chi connectivity index (χ3n) is 4.64. The first-order chi connectivity index (χ1) is 14.8. The third-order valence-corrected chi connectivity index (χ3v) is 5.78. The first-order valence-electron chi connectivity index (χ1n) is 9.94. The van der Waals surface area contributed by atoms with Crippen LogP contribution in [0.1, 0.15) is 28.4 Å². The van der Waals surface area contributed by atoms with Crippen molar-refractivity contribution in [2.24, 2.45) is 0 Å². The van der Waals surface area contributed by atoms with Crippen molar-refractivity contribution in [1.82, 2.24) is 0 Å². The van der Waals surface area contributed by atoms with Crippen LogP contribution < -0.4 is 14.4 Å². The summed E-state index contributed by atoms with van der Waals surface area (Å²) in [6.07, 6.45) is 1.19. The van der Waals surface area contributed by atoms with Crippen LogP contribution in [0.15, 0.2) is 72.8 Å². The zero-order chi connectivity index (χ0) is 22.4. The van der Waals surface area contributed by atoms with Crippen LogP contribution in [-0.4, -0.2) is 27.2 Å². The van der Waals surface area contributed by atoms with Crippen molar-refractivity contribution in [2.45, 2.75) is 20.4 Å². The highest BCUT2D eigenvalue weighted by Crippen LogP contribution is 2.22. The fraction of sp³-hybridized carbons (Fsp3) is 0.208. The van der Waals surface area contributed by atoms with Crippen molar-refractivity contribution in [2.75, 3.05) is 22.5 Å². The number of sulfonamides is 1. The highest BCUT2D eigenvalue weighted by atomic mass is 32.2. The summed E-state index contributed by atoms with van der Waals surface area (Å²) in [6.45, 7) is 4.55. The van der Waals surface area contributed by atoms with Crippen LogP contribution in [0, 0.1) is 6.92 Å². The molecule has 3 aromatic rings. The first-order valence-corrected chi connectivity index (χ1v) is 11.8. The molecule has 0 aliphatic carbocycles. The molecule has 0 bridgehead atoms. The number of carbonyl (C=O) groups excluding carboxylic acids is 1. The Bertz CT molecular complexity index is 1160. The van der Waals surface area contributed by atoms with E-state index >= 15 is 0 Å². The predicted octanol–water partition coefficient (Wildman–Crippen LogP) is 4.61. The van der Waals surface area contributed by atoms with E-state index in [1.165, 1.54) is 10.6 Å². The van der Waals surface area contributed by atoms with Crippen LogP contribution in [0.3, 0.4) is 0 Å². The summed E-state index contributed by atoms with van der Waals surface area (Å²) in [7, 11) is -3.47. The minimum Gasteiger partial charge on any atom is -0.494 e. The molecule has 3 aromatic carbocycles. The number of hydrogen-bond acceptors (Lipinski definition) is 4. The summed E-state index contributed by atoms with van der Waals surface area (Å²) in [5.41, 5.74) is 3.49. The molecule has 0 aliphatic rings. The molecule has 1 amide bonds. The number of rotatable bonds is 8. The minimum atomic E-state index is -3.47. The average Bonchev–Trinajstić information content (AvgIpc) is 2.72. The molecule has 0 saturated carbocycles. The Kier molecular flexibility index (Phi) is 6.97. The highest BCUT2D eigenvalue weighted by molar-refractivity contribution is 7.92. The molecule has 0 aromatic heterocycles. The van der Waals surface area contributed by atoms with E-state index in [0.717, 1.165) is 11.1 Å². The number of anilines is 2. The van der Waals surface area contributed by atoms with Gasteiger partial charge >= 0.3 is 0 Å². The first kappa shape index (κ1) is 22.4. The van der Waals surface area contributed by atoms with Gasteiger partial charge in [0.1, 0.15) is 5.75 Å². The van der Waals surface area contributed by atoms with Crippen molar-refractivity contribution in [3.63, 3.8) is 0 Å². The van der Waals surface area contributed by atoms with Gasteiger partial charge in [0.15, 0.2) is 0 Å². The van der Waals surface area contributed by atoms with Crippen LogP contribution >= 0.6 is 0 Å². The van der Waals surface area contributed by atoms with Gasteiger partial charge in [-0.05, 0) is 61.4 Å². The average molecular weight is 439 g/mol. The molecule has 0 aliphatic heterocycles. The Balaban J connectivity index is 1.74. The lowest BCUT2D eigenvalue weighted by Crippen LogP contribution is -2.29. The Hall–Kier alpha value is -3.32. The lowest BCUT2D eigenvalue weighted by atomic mass is 10.1. The number of carbonyl (C=O) groups is 1. The number of aryl methyl sites for hydroxylation is 1. The Morgan fingerprint density at radius 1 is 1.00 bits per heavy atom. The highest BCUT2D eigenvalue weighted by Gasteiger charge is 2.18. The van der Waals surface area contributed by atoms with Crippen molar-refractivity contribution < 1.29 is 17.9 Å². The quantitative estimate of drug-likeness (QED) is 0.557. The second-order valence-electron chi connectivity index (χ2n) is 7.22. The lowest BCUT2D eigenvalue weighted by Gasteiger charge is -2.23. The largest absolute Gasteiger partial charge is 0.494 e. The molecule has 0 unspecified atom stereocenters. The lowest BCUT2D eigenvalue weighted by molar-refractivity contribution is 0.102. The van der Waals surface area contributed by atoms with Gasteiger partial charge in [0, 0.05) is 17.3 Å². The Morgan fingerprint density at radius 3 is 2.35 bits per heavy atom. The summed E-state index contributed by atoms with van der Waals surface area (Å²) in [4.78, 5) is 12.6. The van der Waals surface area contributed by atoms with Gasteiger partial charge in [-0.25, -0.2) is 8.42 Å². The van der Waals surface area contributed by atoms with E-state index in [-0.39, 0.29) is 12.5 Å². The molecular weight excluding hydrogens is 412 g/mol. The number of hydrogen-bond donors (Lipinski definition) is 1. The van der Waals surface area contributed by atoms with Crippen molar-refractivity contribution in [3.8, 4) is 5.75 Å².